The van der Waals surface area contributed by atoms with Crippen molar-refractivity contribution in [3.63, 3.8) is 0 Å². The Bertz CT molecular complexity index is 315. The fourth-order valence-corrected chi connectivity index (χ4v) is 3.99. The van der Waals surface area contributed by atoms with Crippen LogP contribution in [0.4, 0.5) is 0 Å². The fourth-order valence-electron chi connectivity index (χ4n) is 3.99. The molecule has 2 atom stereocenters. The molecule has 108 valence electrons. The maximum atomic E-state index is 12.1. The predicted octanol–water partition coefficient (Wildman–Crippen LogP) is 1.12. The van der Waals surface area contributed by atoms with E-state index in [1.54, 1.807) is 0 Å². The number of piperidine rings is 1. The number of hydrogen-bond acceptors (Lipinski definition) is 3. The summed E-state index contributed by atoms with van der Waals surface area (Å²) in [6.07, 6.45) is 8.76. The summed E-state index contributed by atoms with van der Waals surface area (Å²) < 4.78 is 0. The molecule has 4 heteroatoms. The van der Waals surface area contributed by atoms with Crippen LogP contribution >= 0.6 is 0 Å². The highest BCUT2D eigenvalue weighted by Crippen LogP contribution is 2.24. The summed E-state index contributed by atoms with van der Waals surface area (Å²) in [4.78, 5) is 14.5. The van der Waals surface area contributed by atoms with Gasteiger partial charge < -0.3 is 10.6 Å². The van der Waals surface area contributed by atoms with Crippen molar-refractivity contribution in [1.82, 2.24) is 15.5 Å². The summed E-state index contributed by atoms with van der Waals surface area (Å²) in [6, 6.07) is 1.17. The average molecular weight is 265 g/mol. The van der Waals surface area contributed by atoms with Gasteiger partial charge in [-0.05, 0) is 38.1 Å². The number of amides is 1. The standard InChI is InChI=1S/C15H27N3O/c19-15(17-13-4-2-1-3-5-13)11-18-9-7-14-12(10-18)6-8-16-14/h12-14,16H,1-11H2,(H,17,19). The van der Waals surface area contributed by atoms with Gasteiger partial charge in [-0.15, -0.1) is 0 Å². The van der Waals surface area contributed by atoms with Gasteiger partial charge in [-0.2, -0.15) is 0 Å². The zero-order valence-corrected chi connectivity index (χ0v) is 11.9. The summed E-state index contributed by atoms with van der Waals surface area (Å²) in [5.41, 5.74) is 0. The first-order valence-electron chi connectivity index (χ1n) is 8.06. The molecule has 2 heterocycles. The molecule has 0 aromatic heterocycles. The van der Waals surface area contributed by atoms with E-state index in [1.165, 1.54) is 44.9 Å². The molecule has 1 saturated carbocycles. The summed E-state index contributed by atoms with van der Waals surface area (Å²) in [5, 5.41) is 6.80. The number of rotatable bonds is 3. The van der Waals surface area contributed by atoms with Crippen LogP contribution in [0.2, 0.25) is 0 Å². The average Bonchev–Trinajstić information content (AvgIpc) is 2.87. The lowest BCUT2D eigenvalue weighted by Gasteiger charge is -2.34. The fraction of sp³-hybridized carbons (Fsp3) is 0.933. The molecule has 0 aromatic rings. The second-order valence-electron chi connectivity index (χ2n) is 6.54. The molecular formula is C15H27N3O. The van der Waals surface area contributed by atoms with Crippen LogP contribution in [-0.4, -0.2) is 49.1 Å². The summed E-state index contributed by atoms with van der Waals surface area (Å²) in [6.45, 7) is 3.96. The second-order valence-corrected chi connectivity index (χ2v) is 6.54. The van der Waals surface area contributed by atoms with E-state index in [4.69, 9.17) is 0 Å². The topological polar surface area (TPSA) is 44.4 Å². The lowest BCUT2D eigenvalue weighted by Crippen LogP contribution is -2.49. The minimum atomic E-state index is 0.247. The lowest BCUT2D eigenvalue weighted by atomic mass is 9.93. The first kappa shape index (κ1) is 13.4. The van der Waals surface area contributed by atoms with Crippen molar-refractivity contribution in [3.8, 4) is 0 Å². The number of hydrogen-bond donors (Lipinski definition) is 2. The maximum Gasteiger partial charge on any atom is 0.234 e. The third-order valence-electron chi connectivity index (χ3n) is 5.08. The quantitative estimate of drug-likeness (QED) is 0.804. The molecule has 3 aliphatic rings. The highest BCUT2D eigenvalue weighted by molar-refractivity contribution is 5.78. The highest BCUT2D eigenvalue weighted by Gasteiger charge is 2.33. The van der Waals surface area contributed by atoms with Crippen molar-refractivity contribution in [1.29, 1.82) is 0 Å². The molecular weight excluding hydrogens is 238 g/mol. The van der Waals surface area contributed by atoms with Crippen molar-refractivity contribution in [3.05, 3.63) is 0 Å². The lowest BCUT2D eigenvalue weighted by molar-refractivity contribution is -0.123. The summed E-state index contributed by atoms with van der Waals surface area (Å²) in [7, 11) is 0. The molecule has 4 nitrogen and oxygen atoms in total. The van der Waals surface area contributed by atoms with Crippen LogP contribution in [0.15, 0.2) is 0 Å². The Hall–Kier alpha value is -0.610. The number of carbonyl (C=O) groups is 1. The third kappa shape index (κ3) is 3.48. The molecule has 2 saturated heterocycles. The normalized spacial score (nSPS) is 33.1. The molecule has 0 aromatic carbocycles. The molecule has 0 bridgehead atoms. The van der Waals surface area contributed by atoms with E-state index >= 15 is 0 Å². The van der Waals surface area contributed by atoms with E-state index in [-0.39, 0.29) is 5.91 Å². The van der Waals surface area contributed by atoms with Crippen LogP contribution in [0.25, 0.3) is 0 Å². The number of fused-ring (bicyclic) bond motifs is 1. The van der Waals surface area contributed by atoms with Crippen LogP contribution in [0.3, 0.4) is 0 Å². The van der Waals surface area contributed by atoms with Crippen molar-refractivity contribution >= 4 is 5.91 Å². The Balaban J connectivity index is 1.41. The van der Waals surface area contributed by atoms with Crippen LogP contribution in [0.5, 0.6) is 0 Å². The first-order chi connectivity index (χ1) is 9.31. The van der Waals surface area contributed by atoms with E-state index < -0.39 is 0 Å². The SMILES string of the molecule is O=C(CN1CCC2NCCC2C1)NC1CCCCC1. The monoisotopic (exact) mass is 265 g/mol. The van der Waals surface area contributed by atoms with Gasteiger partial charge in [-0.25, -0.2) is 0 Å². The molecule has 1 aliphatic carbocycles. The highest BCUT2D eigenvalue weighted by atomic mass is 16.2. The van der Waals surface area contributed by atoms with Gasteiger partial charge in [0.05, 0.1) is 6.54 Å². The Labute approximate surface area is 116 Å². The van der Waals surface area contributed by atoms with Gasteiger partial charge >= 0.3 is 0 Å². The number of nitrogens with one attached hydrogen (secondary N) is 2. The first-order valence-corrected chi connectivity index (χ1v) is 8.06. The molecule has 2 aliphatic heterocycles. The zero-order valence-electron chi connectivity index (χ0n) is 11.9. The van der Waals surface area contributed by atoms with Crippen molar-refractivity contribution < 1.29 is 4.79 Å². The Kier molecular flexibility index (Phi) is 4.38. The van der Waals surface area contributed by atoms with Crippen LogP contribution in [0.1, 0.15) is 44.9 Å². The summed E-state index contributed by atoms with van der Waals surface area (Å²) in [5.74, 6) is 1.02. The number of nitrogens with zero attached hydrogens (tertiary/aromatic N) is 1. The smallest absolute Gasteiger partial charge is 0.234 e. The van der Waals surface area contributed by atoms with E-state index in [0.29, 0.717) is 12.6 Å². The van der Waals surface area contributed by atoms with Gasteiger partial charge in [0.25, 0.3) is 0 Å². The van der Waals surface area contributed by atoms with Crippen LogP contribution in [0, 0.1) is 5.92 Å². The van der Waals surface area contributed by atoms with Gasteiger partial charge in [-0.3, -0.25) is 9.69 Å². The molecule has 3 rings (SSSR count). The molecule has 0 spiro atoms. The second kappa shape index (κ2) is 6.23. The van der Waals surface area contributed by atoms with Crippen molar-refractivity contribution in [2.45, 2.75) is 57.0 Å². The van der Waals surface area contributed by atoms with Gasteiger partial charge in [0, 0.05) is 25.2 Å². The molecule has 2 unspecified atom stereocenters. The van der Waals surface area contributed by atoms with Gasteiger partial charge in [0.15, 0.2) is 0 Å². The molecule has 19 heavy (non-hydrogen) atoms. The molecule has 0 radical (unpaired) electrons. The summed E-state index contributed by atoms with van der Waals surface area (Å²) >= 11 is 0. The van der Waals surface area contributed by atoms with E-state index in [2.05, 4.69) is 15.5 Å². The Morgan fingerprint density at radius 1 is 1.16 bits per heavy atom. The third-order valence-corrected chi connectivity index (χ3v) is 5.08. The van der Waals surface area contributed by atoms with Crippen molar-refractivity contribution in [2.24, 2.45) is 5.92 Å². The van der Waals surface area contributed by atoms with Crippen LogP contribution in [-0.2, 0) is 4.79 Å². The van der Waals surface area contributed by atoms with Crippen LogP contribution < -0.4 is 10.6 Å². The van der Waals surface area contributed by atoms with Gasteiger partial charge in [-0.1, -0.05) is 19.3 Å². The van der Waals surface area contributed by atoms with E-state index in [1.807, 2.05) is 0 Å². The molecule has 1 amide bonds. The minimum Gasteiger partial charge on any atom is -0.352 e. The maximum absolute atomic E-state index is 12.1. The van der Waals surface area contributed by atoms with E-state index in [0.717, 1.165) is 31.6 Å². The number of likely N-dealkylation sites (tertiary alicyclic amines) is 1. The molecule has 2 N–H and O–H groups in total. The Morgan fingerprint density at radius 3 is 2.84 bits per heavy atom. The zero-order chi connectivity index (χ0) is 13.1. The largest absolute Gasteiger partial charge is 0.352 e. The van der Waals surface area contributed by atoms with Gasteiger partial charge in [0.1, 0.15) is 0 Å². The minimum absolute atomic E-state index is 0.247. The Morgan fingerprint density at radius 2 is 2.00 bits per heavy atom. The van der Waals surface area contributed by atoms with Gasteiger partial charge in [0.2, 0.25) is 5.91 Å². The predicted molar refractivity (Wildman–Crippen MR) is 76.0 cm³/mol. The number of carbonyl (C=O) groups excluding carboxylic acids is 1. The molecule has 3 fully saturated rings. The van der Waals surface area contributed by atoms with Crippen molar-refractivity contribution in [2.75, 3.05) is 26.2 Å². The van der Waals surface area contributed by atoms with E-state index in [9.17, 15) is 4.79 Å².